The van der Waals surface area contributed by atoms with Crippen LogP contribution in [0.5, 0.6) is 11.8 Å². The highest BCUT2D eigenvalue weighted by atomic mass is 35.5. The fraction of sp³-hybridized carbons (Fsp3) is 0.333. The van der Waals surface area contributed by atoms with Crippen LogP contribution in [0.4, 0.5) is 0 Å². The molecule has 1 aliphatic heterocycles. The van der Waals surface area contributed by atoms with E-state index in [-0.39, 0.29) is 36.4 Å². The van der Waals surface area contributed by atoms with Crippen molar-refractivity contribution in [1.82, 2.24) is 18.7 Å². The number of ether oxygens (including phenoxy) is 1. The van der Waals surface area contributed by atoms with Gasteiger partial charge in [0.15, 0.2) is 11.2 Å². The molecule has 1 aliphatic rings. The quantitative estimate of drug-likeness (QED) is 0.601. The van der Waals surface area contributed by atoms with Crippen LogP contribution in [-0.4, -0.2) is 42.7 Å². The molecule has 1 N–H and O–H groups in total. The molecule has 162 valence electrons. The summed E-state index contributed by atoms with van der Waals surface area (Å²) in [4.78, 5) is 34.9. The van der Waals surface area contributed by atoms with Crippen molar-refractivity contribution in [3.8, 4) is 11.8 Å². The maximum Gasteiger partial charge on any atom is 0.332 e. The molecule has 1 aromatic carbocycles. The maximum absolute atomic E-state index is 13.3. The lowest BCUT2D eigenvalue weighted by molar-refractivity contribution is 0.277. The van der Waals surface area contributed by atoms with E-state index in [1.54, 1.807) is 30.0 Å². The smallest absolute Gasteiger partial charge is 0.332 e. The lowest BCUT2D eigenvalue weighted by Crippen LogP contribution is -2.40. The lowest BCUT2D eigenvalue weighted by Gasteiger charge is -2.17. The molecular weight excluding hydrogens is 422 g/mol. The standard InChI is InChI=1S/C21H22ClN5O4/c1-25-18-17(19(29)26(21(25)30)10-5-11-28)27(13-15-9-8-14(22)12-23-15)20(24-18)31-16-6-3-2-4-7-16/h2-4,6-8,12,15,28H,5,9-11,13H2,1H3. The van der Waals surface area contributed by atoms with E-state index in [4.69, 9.17) is 21.4 Å². The number of halogens is 1. The van der Waals surface area contributed by atoms with Crippen LogP contribution in [0.2, 0.25) is 0 Å². The second kappa shape index (κ2) is 8.91. The number of hydrogen-bond donors (Lipinski definition) is 1. The largest absolute Gasteiger partial charge is 0.425 e. The zero-order chi connectivity index (χ0) is 22.0. The van der Waals surface area contributed by atoms with Crippen molar-refractivity contribution >= 4 is 29.0 Å². The van der Waals surface area contributed by atoms with E-state index in [0.29, 0.717) is 30.2 Å². The number of nitrogens with zero attached hydrogens (tertiary/aromatic N) is 5. The van der Waals surface area contributed by atoms with Gasteiger partial charge in [0.1, 0.15) is 5.75 Å². The van der Waals surface area contributed by atoms with E-state index < -0.39 is 11.2 Å². The minimum Gasteiger partial charge on any atom is -0.425 e. The van der Waals surface area contributed by atoms with Gasteiger partial charge in [-0.05, 0) is 25.0 Å². The minimum absolute atomic E-state index is 0.109. The third kappa shape index (κ3) is 4.19. The van der Waals surface area contributed by atoms with Crippen LogP contribution >= 0.6 is 11.6 Å². The number of benzene rings is 1. The minimum atomic E-state index is -0.493. The fourth-order valence-corrected chi connectivity index (χ4v) is 3.64. The number of aromatic nitrogens is 4. The zero-order valence-corrected chi connectivity index (χ0v) is 17.7. The summed E-state index contributed by atoms with van der Waals surface area (Å²) in [6.07, 6.45) is 4.34. The molecule has 0 saturated heterocycles. The average Bonchev–Trinajstić information content (AvgIpc) is 3.12. The molecule has 0 saturated carbocycles. The van der Waals surface area contributed by atoms with Gasteiger partial charge in [-0.1, -0.05) is 35.9 Å². The van der Waals surface area contributed by atoms with Crippen LogP contribution in [0.15, 0.2) is 56.0 Å². The Morgan fingerprint density at radius 2 is 2.00 bits per heavy atom. The fourth-order valence-electron chi connectivity index (χ4n) is 3.49. The number of allylic oxidation sites excluding steroid dienone is 1. The number of para-hydroxylation sites is 1. The van der Waals surface area contributed by atoms with Crippen LogP contribution < -0.4 is 16.0 Å². The van der Waals surface area contributed by atoms with Gasteiger partial charge in [-0.15, -0.1) is 0 Å². The first-order valence-corrected chi connectivity index (χ1v) is 10.3. The first-order valence-electron chi connectivity index (χ1n) is 9.92. The van der Waals surface area contributed by atoms with Gasteiger partial charge in [0, 0.05) is 26.4 Å². The number of aliphatic hydroxyl groups excluding tert-OH is 1. The molecule has 0 bridgehead atoms. The van der Waals surface area contributed by atoms with Crippen molar-refractivity contribution in [2.24, 2.45) is 12.0 Å². The monoisotopic (exact) mass is 443 g/mol. The number of aliphatic hydroxyl groups is 1. The Balaban J connectivity index is 1.88. The molecule has 4 rings (SSSR count). The van der Waals surface area contributed by atoms with E-state index in [1.165, 1.54) is 4.57 Å². The Labute approximate surface area is 182 Å². The molecule has 3 aromatic rings. The van der Waals surface area contributed by atoms with Crippen molar-refractivity contribution in [3.63, 3.8) is 0 Å². The van der Waals surface area contributed by atoms with Crippen LogP contribution in [0.1, 0.15) is 12.8 Å². The van der Waals surface area contributed by atoms with Gasteiger partial charge in [-0.3, -0.25) is 23.5 Å². The van der Waals surface area contributed by atoms with Crippen molar-refractivity contribution in [1.29, 1.82) is 0 Å². The molecule has 9 nitrogen and oxygen atoms in total. The zero-order valence-electron chi connectivity index (χ0n) is 16.9. The molecule has 0 aliphatic carbocycles. The van der Waals surface area contributed by atoms with E-state index in [0.717, 1.165) is 4.57 Å². The van der Waals surface area contributed by atoms with Crippen molar-refractivity contribution in [2.75, 3.05) is 6.61 Å². The summed E-state index contributed by atoms with van der Waals surface area (Å²) in [6.45, 7) is 0.306. The number of dihydropyridines is 1. The van der Waals surface area contributed by atoms with Gasteiger partial charge in [0.05, 0.1) is 17.6 Å². The van der Waals surface area contributed by atoms with Gasteiger partial charge >= 0.3 is 11.7 Å². The molecule has 3 heterocycles. The SMILES string of the molecule is Cn1c(=O)n(CCCO)c(=O)c2c1nc(Oc1ccccc1)n2CC1CC=C(Cl)C=N1. The molecule has 0 spiro atoms. The summed E-state index contributed by atoms with van der Waals surface area (Å²) >= 11 is 5.99. The molecule has 31 heavy (non-hydrogen) atoms. The van der Waals surface area contributed by atoms with Crippen LogP contribution in [0.25, 0.3) is 11.2 Å². The third-order valence-electron chi connectivity index (χ3n) is 5.08. The molecule has 10 heteroatoms. The normalized spacial score (nSPS) is 16.0. The highest BCUT2D eigenvalue weighted by molar-refractivity contribution is 6.39. The van der Waals surface area contributed by atoms with Gasteiger partial charge in [-0.2, -0.15) is 4.98 Å². The Bertz CT molecular complexity index is 1270. The van der Waals surface area contributed by atoms with Crippen LogP contribution in [0, 0.1) is 0 Å². The number of rotatable bonds is 7. The Morgan fingerprint density at radius 3 is 2.68 bits per heavy atom. The topological polar surface area (TPSA) is 104 Å². The summed E-state index contributed by atoms with van der Waals surface area (Å²) in [5, 5.41) is 9.73. The number of hydrogen-bond acceptors (Lipinski definition) is 6. The maximum atomic E-state index is 13.3. The molecular formula is C21H22ClN5O4. The van der Waals surface area contributed by atoms with Crippen LogP contribution in [0.3, 0.4) is 0 Å². The Hall–Kier alpha value is -3.17. The summed E-state index contributed by atoms with van der Waals surface area (Å²) in [6, 6.07) is 9.12. The molecule has 1 unspecified atom stereocenters. The Morgan fingerprint density at radius 1 is 1.23 bits per heavy atom. The Kier molecular flexibility index (Phi) is 6.06. The van der Waals surface area contributed by atoms with Gasteiger partial charge in [0.2, 0.25) is 0 Å². The van der Waals surface area contributed by atoms with Crippen LogP contribution in [-0.2, 0) is 20.1 Å². The molecule has 1 atom stereocenters. The highest BCUT2D eigenvalue weighted by Gasteiger charge is 2.24. The number of imidazole rings is 1. The molecule has 0 fully saturated rings. The first kappa shape index (κ1) is 21.1. The second-order valence-corrected chi connectivity index (χ2v) is 7.66. The van der Waals surface area contributed by atoms with E-state index >= 15 is 0 Å². The molecule has 2 aromatic heterocycles. The summed E-state index contributed by atoms with van der Waals surface area (Å²) in [7, 11) is 1.56. The summed E-state index contributed by atoms with van der Waals surface area (Å²) in [5.41, 5.74) is -0.487. The first-order chi connectivity index (χ1) is 15.0. The second-order valence-electron chi connectivity index (χ2n) is 7.22. The lowest BCUT2D eigenvalue weighted by atomic mass is 10.1. The van der Waals surface area contributed by atoms with Crippen molar-refractivity contribution < 1.29 is 9.84 Å². The average molecular weight is 444 g/mol. The predicted octanol–water partition coefficient (Wildman–Crippen LogP) is 2.04. The highest BCUT2D eigenvalue weighted by Crippen LogP contribution is 2.25. The van der Waals surface area contributed by atoms with Gasteiger partial charge in [-0.25, -0.2) is 4.79 Å². The van der Waals surface area contributed by atoms with Crippen molar-refractivity contribution in [2.45, 2.75) is 32.0 Å². The molecule has 0 radical (unpaired) electrons. The third-order valence-corrected chi connectivity index (χ3v) is 5.33. The van der Waals surface area contributed by atoms with Gasteiger partial charge < -0.3 is 9.84 Å². The summed E-state index contributed by atoms with van der Waals surface area (Å²) in [5.74, 6) is 0.555. The number of aliphatic imine (C=N–C) groups is 1. The van der Waals surface area contributed by atoms with Crippen molar-refractivity contribution in [3.05, 3.63) is 62.3 Å². The van der Waals surface area contributed by atoms with E-state index in [9.17, 15) is 9.59 Å². The molecule has 0 amide bonds. The predicted molar refractivity (Wildman–Crippen MR) is 118 cm³/mol. The van der Waals surface area contributed by atoms with Gasteiger partial charge in [0.25, 0.3) is 5.56 Å². The van der Waals surface area contributed by atoms with E-state index in [1.807, 2.05) is 24.3 Å². The number of aryl methyl sites for hydroxylation is 1. The van der Waals surface area contributed by atoms with E-state index in [2.05, 4.69) is 9.98 Å². The summed E-state index contributed by atoms with van der Waals surface area (Å²) < 4.78 is 10.1. The number of fused-ring (bicyclic) bond motifs is 1.